The van der Waals surface area contributed by atoms with Crippen LogP contribution in [0.15, 0.2) is 74.9 Å². The van der Waals surface area contributed by atoms with E-state index >= 15 is 0 Å². The zero-order valence-corrected chi connectivity index (χ0v) is 20.9. The second-order valence-electron chi connectivity index (χ2n) is 6.59. The highest BCUT2D eigenvalue weighted by Crippen LogP contribution is 2.40. The van der Waals surface area contributed by atoms with Crippen LogP contribution in [-0.2, 0) is 16.2 Å². The lowest BCUT2D eigenvalue weighted by molar-refractivity contribution is -0.387. The van der Waals surface area contributed by atoms with Crippen LogP contribution in [0.1, 0.15) is 5.56 Å². The number of alkyl halides is 3. The number of hydrogen-bond acceptors (Lipinski definition) is 6. The van der Waals surface area contributed by atoms with Gasteiger partial charge in [0.25, 0.3) is 15.7 Å². The van der Waals surface area contributed by atoms with E-state index in [1.807, 2.05) is 0 Å². The molecule has 0 saturated carbocycles. The van der Waals surface area contributed by atoms with E-state index in [4.69, 9.17) is 16.3 Å². The molecule has 0 aliphatic rings. The minimum absolute atomic E-state index is 0.00389. The van der Waals surface area contributed by atoms with Crippen LogP contribution < -0.4 is 4.74 Å². The van der Waals surface area contributed by atoms with Gasteiger partial charge in [-0.25, -0.2) is 8.42 Å². The summed E-state index contributed by atoms with van der Waals surface area (Å²) >= 11 is 9.68. The maximum atomic E-state index is 12.8. The maximum absolute atomic E-state index is 12.8. The number of benzene rings is 3. The van der Waals surface area contributed by atoms with Gasteiger partial charge in [-0.05, 0) is 60.5 Å². The molecule has 0 saturated heterocycles. The van der Waals surface area contributed by atoms with Gasteiger partial charge >= 0.3 is 6.18 Å². The van der Waals surface area contributed by atoms with Crippen molar-refractivity contribution in [1.82, 2.24) is 3.71 Å². The molecule has 0 atom stereocenters. The Morgan fingerprint density at radius 1 is 1.09 bits per heavy atom. The van der Waals surface area contributed by atoms with Gasteiger partial charge in [0.15, 0.2) is 0 Å². The summed E-state index contributed by atoms with van der Waals surface area (Å²) in [6, 6.07) is 11.8. The number of nitro benzene ring substituents is 1. The van der Waals surface area contributed by atoms with Crippen molar-refractivity contribution in [3.05, 3.63) is 85.8 Å². The quantitative estimate of drug-likeness (QED) is 0.163. The van der Waals surface area contributed by atoms with Crippen molar-refractivity contribution in [3.63, 3.8) is 0 Å². The summed E-state index contributed by atoms with van der Waals surface area (Å²) < 4.78 is 71.2. The van der Waals surface area contributed by atoms with Crippen molar-refractivity contribution in [2.45, 2.75) is 16.0 Å². The molecule has 180 valence electrons. The van der Waals surface area contributed by atoms with Crippen molar-refractivity contribution >= 4 is 55.2 Å². The lowest BCUT2D eigenvalue weighted by atomic mass is 10.2. The highest BCUT2D eigenvalue weighted by atomic mass is 79.9. The zero-order chi connectivity index (χ0) is 25.3. The average molecular weight is 598 g/mol. The Hall–Kier alpha value is -2.32. The molecule has 0 fully saturated rings. The van der Waals surface area contributed by atoms with Crippen molar-refractivity contribution in [2.75, 3.05) is 7.05 Å². The topological polar surface area (TPSA) is 89.8 Å². The third-order valence-corrected chi connectivity index (χ3v) is 8.25. The molecular formula is C20H13BrClF3N2O5S2. The molecule has 14 heteroatoms. The van der Waals surface area contributed by atoms with Crippen LogP contribution in [0.4, 0.5) is 18.9 Å². The maximum Gasteiger partial charge on any atom is 0.416 e. The summed E-state index contributed by atoms with van der Waals surface area (Å²) in [5, 5.41) is 11.1. The highest BCUT2D eigenvalue weighted by Gasteiger charge is 2.31. The minimum atomic E-state index is -4.59. The molecule has 3 aromatic rings. The molecule has 0 aliphatic carbocycles. The highest BCUT2D eigenvalue weighted by molar-refractivity contribution is 9.10. The Morgan fingerprint density at radius 3 is 2.29 bits per heavy atom. The molecule has 0 aliphatic heterocycles. The number of rotatable bonds is 7. The van der Waals surface area contributed by atoms with E-state index in [0.29, 0.717) is 22.5 Å². The van der Waals surface area contributed by atoms with E-state index in [1.54, 1.807) is 0 Å². The molecule has 0 unspecified atom stereocenters. The van der Waals surface area contributed by atoms with Crippen LogP contribution in [0, 0.1) is 10.1 Å². The second kappa shape index (κ2) is 10.1. The first-order chi connectivity index (χ1) is 15.8. The van der Waals surface area contributed by atoms with Gasteiger partial charge in [-0.15, -0.1) is 3.71 Å². The molecule has 0 amide bonds. The Morgan fingerprint density at radius 2 is 1.74 bits per heavy atom. The van der Waals surface area contributed by atoms with Crippen LogP contribution in [0.3, 0.4) is 0 Å². The first kappa shape index (κ1) is 26.3. The predicted molar refractivity (Wildman–Crippen MR) is 125 cm³/mol. The van der Waals surface area contributed by atoms with Crippen molar-refractivity contribution < 1.29 is 31.2 Å². The summed E-state index contributed by atoms with van der Waals surface area (Å²) in [4.78, 5) is 10.7. The van der Waals surface area contributed by atoms with Gasteiger partial charge in [-0.1, -0.05) is 27.5 Å². The van der Waals surface area contributed by atoms with Gasteiger partial charge in [0.05, 0.1) is 20.4 Å². The van der Waals surface area contributed by atoms with Crippen LogP contribution >= 0.6 is 39.5 Å². The molecule has 0 heterocycles. The number of nitrogens with zero attached hydrogens (tertiary/aromatic N) is 2. The number of halogens is 5. The molecule has 34 heavy (non-hydrogen) atoms. The van der Waals surface area contributed by atoms with Gasteiger partial charge in [-0.3, -0.25) is 10.1 Å². The van der Waals surface area contributed by atoms with Crippen LogP contribution in [-0.4, -0.2) is 24.1 Å². The molecule has 0 N–H and O–H groups in total. The average Bonchev–Trinajstić information content (AvgIpc) is 2.74. The van der Waals surface area contributed by atoms with E-state index in [-0.39, 0.29) is 26.3 Å². The number of hydrogen-bond donors (Lipinski definition) is 0. The van der Waals surface area contributed by atoms with Gasteiger partial charge in [0, 0.05) is 23.7 Å². The van der Waals surface area contributed by atoms with Crippen LogP contribution in [0.5, 0.6) is 11.5 Å². The lowest BCUT2D eigenvalue weighted by Crippen LogP contribution is -2.20. The Bertz CT molecular complexity index is 1340. The van der Waals surface area contributed by atoms with Gasteiger partial charge < -0.3 is 4.74 Å². The van der Waals surface area contributed by atoms with Crippen LogP contribution in [0.2, 0.25) is 5.02 Å². The summed E-state index contributed by atoms with van der Waals surface area (Å²) in [5.41, 5.74) is -1.36. The Labute approximate surface area is 209 Å². The van der Waals surface area contributed by atoms with E-state index in [9.17, 15) is 31.7 Å². The first-order valence-corrected chi connectivity index (χ1v) is 12.4. The minimum Gasteiger partial charge on any atom is -0.456 e. The Kier molecular flexibility index (Phi) is 7.82. The Balaban J connectivity index is 1.91. The zero-order valence-electron chi connectivity index (χ0n) is 16.9. The molecule has 3 aromatic carbocycles. The largest absolute Gasteiger partial charge is 0.456 e. The molecule has 0 spiro atoms. The monoisotopic (exact) mass is 596 g/mol. The molecule has 0 aromatic heterocycles. The molecule has 0 bridgehead atoms. The fourth-order valence-corrected chi connectivity index (χ4v) is 5.45. The predicted octanol–water partition coefficient (Wildman–Crippen LogP) is 7.15. The second-order valence-corrected chi connectivity index (χ2v) is 11.3. The normalized spacial score (nSPS) is 12.1. The number of sulfonamides is 1. The fraction of sp³-hybridized carbons (Fsp3) is 0.100. The number of ether oxygens (including phenoxy) is 1. The summed E-state index contributed by atoms with van der Waals surface area (Å²) in [6.45, 7) is 0. The van der Waals surface area contributed by atoms with E-state index in [1.165, 1.54) is 43.4 Å². The molecular weight excluding hydrogens is 585 g/mol. The van der Waals surface area contributed by atoms with Crippen molar-refractivity contribution in [3.8, 4) is 11.5 Å². The van der Waals surface area contributed by atoms with Gasteiger partial charge in [-0.2, -0.15) is 13.2 Å². The SMILES string of the molecule is CN(Sc1cc(Oc2ccc(C(F)(F)F)cc2Cl)ccc1[N+](=O)[O-])S(=O)(=O)c1ccc(Br)cc1. The molecule has 0 radical (unpaired) electrons. The fourth-order valence-electron chi connectivity index (χ4n) is 2.61. The lowest BCUT2D eigenvalue weighted by Gasteiger charge is -2.17. The van der Waals surface area contributed by atoms with Crippen molar-refractivity contribution in [2.24, 2.45) is 0 Å². The third-order valence-electron chi connectivity index (χ3n) is 4.29. The van der Waals surface area contributed by atoms with E-state index in [2.05, 4.69) is 15.9 Å². The summed E-state index contributed by atoms with van der Waals surface area (Å²) in [5.74, 6) is -0.112. The van der Waals surface area contributed by atoms with Crippen LogP contribution in [0.25, 0.3) is 0 Å². The van der Waals surface area contributed by atoms with Gasteiger partial charge in [0.1, 0.15) is 16.4 Å². The number of nitro groups is 1. The summed E-state index contributed by atoms with van der Waals surface area (Å²) in [6.07, 6.45) is -4.59. The van der Waals surface area contributed by atoms with Crippen molar-refractivity contribution in [1.29, 1.82) is 0 Å². The molecule has 7 nitrogen and oxygen atoms in total. The smallest absolute Gasteiger partial charge is 0.416 e. The third kappa shape index (κ3) is 6.02. The van der Waals surface area contributed by atoms with E-state index in [0.717, 1.165) is 21.9 Å². The summed E-state index contributed by atoms with van der Waals surface area (Å²) in [7, 11) is -2.78. The first-order valence-electron chi connectivity index (χ1n) is 9.04. The van der Waals surface area contributed by atoms with Gasteiger partial charge in [0.2, 0.25) is 0 Å². The van der Waals surface area contributed by atoms with E-state index < -0.39 is 32.4 Å². The standard InChI is InChI=1S/C20H13BrClF3N2O5S2/c1-26(34(30,31)15-6-3-13(21)4-7-15)33-19-11-14(5-8-17(19)27(28)29)32-18-9-2-12(10-16(18)22)20(23,24)25/h2-11H,1H3. The molecule has 3 rings (SSSR count).